The zero-order valence-corrected chi connectivity index (χ0v) is 11.2. The summed E-state index contributed by atoms with van der Waals surface area (Å²) < 4.78 is 1.17. The normalized spacial score (nSPS) is 26.9. The van der Waals surface area contributed by atoms with Crippen molar-refractivity contribution >= 4 is 33.0 Å². The van der Waals surface area contributed by atoms with Gasteiger partial charge < -0.3 is 0 Å². The van der Waals surface area contributed by atoms with Gasteiger partial charge in [-0.25, -0.2) is 0 Å². The molecule has 2 unspecified atom stereocenters. The molecule has 0 aliphatic heterocycles. The molecule has 2 rings (SSSR count). The maximum absolute atomic E-state index is 11.8. The molecule has 1 heterocycles. The van der Waals surface area contributed by atoms with Crippen molar-refractivity contribution in [2.24, 2.45) is 11.8 Å². The number of carbonyl (C=O) groups excluding carboxylic acids is 1. The molecular formula is C12H15BrOS. The largest absolute Gasteiger partial charge is 0.299 e. The Morgan fingerprint density at radius 2 is 2.40 bits per heavy atom. The number of carbonyl (C=O) groups is 1. The highest BCUT2D eigenvalue weighted by atomic mass is 79.9. The standard InChI is InChI=1S/C12H15BrOS/c1-8-2-3-11(14)9(6-8)7-12-10(13)4-5-15-12/h4-5,8-9H,2-3,6-7H2,1H3. The average Bonchev–Trinajstić information content (AvgIpc) is 2.58. The van der Waals surface area contributed by atoms with Crippen LogP contribution in [-0.2, 0) is 11.2 Å². The highest BCUT2D eigenvalue weighted by molar-refractivity contribution is 9.10. The van der Waals surface area contributed by atoms with E-state index >= 15 is 0 Å². The molecule has 0 radical (unpaired) electrons. The van der Waals surface area contributed by atoms with Crippen LogP contribution in [0.2, 0.25) is 0 Å². The van der Waals surface area contributed by atoms with E-state index in [-0.39, 0.29) is 5.92 Å². The van der Waals surface area contributed by atoms with Gasteiger partial charge in [-0.2, -0.15) is 0 Å². The Kier molecular flexibility index (Phi) is 3.62. The van der Waals surface area contributed by atoms with E-state index < -0.39 is 0 Å². The van der Waals surface area contributed by atoms with Crippen molar-refractivity contribution in [2.75, 3.05) is 0 Å². The Bertz CT molecular complexity index is 358. The fraction of sp³-hybridized carbons (Fsp3) is 0.583. The summed E-state index contributed by atoms with van der Waals surface area (Å²) in [6.45, 7) is 2.25. The van der Waals surface area contributed by atoms with Gasteiger partial charge in [0.25, 0.3) is 0 Å². The first-order valence-corrected chi connectivity index (χ1v) is 7.08. The minimum absolute atomic E-state index is 0.267. The van der Waals surface area contributed by atoms with E-state index in [4.69, 9.17) is 0 Å². The van der Waals surface area contributed by atoms with Gasteiger partial charge in [0.15, 0.2) is 0 Å². The summed E-state index contributed by atoms with van der Waals surface area (Å²) in [7, 11) is 0. The molecule has 1 aromatic heterocycles. The van der Waals surface area contributed by atoms with Gasteiger partial charge in [0.2, 0.25) is 0 Å². The van der Waals surface area contributed by atoms with Crippen molar-refractivity contribution in [1.29, 1.82) is 0 Å². The predicted octanol–water partition coefficient (Wildman–Crippen LogP) is 4.06. The molecule has 0 amide bonds. The summed E-state index contributed by atoms with van der Waals surface area (Å²) in [5.74, 6) is 1.45. The fourth-order valence-electron chi connectivity index (χ4n) is 2.22. The van der Waals surface area contributed by atoms with Crippen molar-refractivity contribution in [3.05, 3.63) is 20.8 Å². The second-order valence-corrected chi connectivity index (χ2v) is 6.29. The highest BCUT2D eigenvalue weighted by Crippen LogP contribution is 2.32. The molecule has 1 fully saturated rings. The highest BCUT2D eigenvalue weighted by Gasteiger charge is 2.27. The number of thiophene rings is 1. The first-order valence-electron chi connectivity index (χ1n) is 5.41. The van der Waals surface area contributed by atoms with Crippen molar-refractivity contribution in [1.82, 2.24) is 0 Å². The van der Waals surface area contributed by atoms with Crippen LogP contribution in [0.25, 0.3) is 0 Å². The number of halogens is 1. The Balaban J connectivity index is 2.04. The average molecular weight is 287 g/mol. The molecule has 0 aromatic carbocycles. The second kappa shape index (κ2) is 4.79. The monoisotopic (exact) mass is 286 g/mol. The Hall–Kier alpha value is -0.150. The van der Waals surface area contributed by atoms with Crippen LogP contribution in [-0.4, -0.2) is 5.78 Å². The molecule has 3 heteroatoms. The summed E-state index contributed by atoms with van der Waals surface area (Å²) in [5.41, 5.74) is 0. The minimum atomic E-state index is 0.267. The third-order valence-electron chi connectivity index (χ3n) is 3.15. The van der Waals surface area contributed by atoms with Gasteiger partial charge in [-0.05, 0) is 52.6 Å². The second-order valence-electron chi connectivity index (χ2n) is 4.44. The summed E-state index contributed by atoms with van der Waals surface area (Å²) in [6.07, 6.45) is 3.88. The van der Waals surface area contributed by atoms with E-state index in [1.54, 1.807) is 11.3 Å². The zero-order chi connectivity index (χ0) is 10.8. The van der Waals surface area contributed by atoms with Crippen LogP contribution in [0.3, 0.4) is 0 Å². The topological polar surface area (TPSA) is 17.1 Å². The summed E-state index contributed by atoms with van der Waals surface area (Å²) in [5, 5.41) is 2.08. The number of hydrogen-bond donors (Lipinski definition) is 0. The van der Waals surface area contributed by atoms with Crippen molar-refractivity contribution in [3.8, 4) is 0 Å². The molecule has 15 heavy (non-hydrogen) atoms. The molecule has 1 aromatic rings. The maximum Gasteiger partial charge on any atom is 0.136 e. The van der Waals surface area contributed by atoms with Crippen LogP contribution < -0.4 is 0 Å². The fourth-order valence-corrected chi connectivity index (χ4v) is 3.82. The van der Waals surface area contributed by atoms with E-state index in [0.29, 0.717) is 11.7 Å². The Morgan fingerprint density at radius 1 is 1.60 bits per heavy atom. The van der Waals surface area contributed by atoms with Gasteiger partial charge in [0.05, 0.1) is 0 Å². The van der Waals surface area contributed by atoms with Gasteiger partial charge >= 0.3 is 0 Å². The van der Waals surface area contributed by atoms with Gasteiger partial charge in [-0.1, -0.05) is 6.92 Å². The van der Waals surface area contributed by atoms with Crippen molar-refractivity contribution < 1.29 is 4.79 Å². The maximum atomic E-state index is 11.8. The van der Waals surface area contributed by atoms with Crippen LogP contribution in [0.4, 0.5) is 0 Å². The molecule has 1 nitrogen and oxygen atoms in total. The third kappa shape index (κ3) is 2.70. The van der Waals surface area contributed by atoms with Gasteiger partial charge in [0, 0.05) is 21.7 Å². The number of ketones is 1. The van der Waals surface area contributed by atoms with E-state index in [9.17, 15) is 4.79 Å². The Morgan fingerprint density at radius 3 is 3.07 bits per heavy atom. The zero-order valence-electron chi connectivity index (χ0n) is 8.83. The number of Topliss-reactive ketones (excluding diaryl/α,β-unsaturated/α-hetero) is 1. The smallest absolute Gasteiger partial charge is 0.136 e. The molecule has 1 aliphatic carbocycles. The molecule has 1 aliphatic rings. The van der Waals surface area contributed by atoms with Crippen LogP contribution in [0.1, 0.15) is 31.1 Å². The van der Waals surface area contributed by atoms with Crippen molar-refractivity contribution in [2.45, 2.75) is 32.6 Å². The van der Waals surface area contributed by atoms with Crippen LogP contribution in [0.5, 0.6) is 0 Å². The first-order chi connectivity index (χ1) is 7.16. The van der Waals surface area contributed by atoms with Gasteiger partial charge in [-0.3, -0.25) is 4.79 Å². The van der Waals surface area contributed by atoms with Crippen molar-refractivity contribution in [3.63, 3.8) is 0 Å². The van der Waals surface area contributed by atoms with Crippen LogP contribution >= 0.6 is 27.3 Å². The van der Waals surface area contributed by atoms with E-state index in [1.807, 2.05) is 0 Å². The van der Waals surface area contributed by atoms with E-state index in [0.717, 1.165) is 25.7 Å². The minimum Gasteiger partial charge on any atom is -0.299 e. The molecular weight excluding hydrogens is 272 g/mol. The lowest BCUT2D eigenvalue weighted by Gasteiger charge is -2.25. The van der Waals surface area contributed by atoms with Crippen LogP contribution in [0, 0.1) is 11.8 Å². The third-order valence-corrected chi connectivity index (χ3v) is 5.10. The predicted molar refractivity (Wildman–Crippen MR) is 67.2 cm³/mol. The molecule has 0 spiro atoms. The summed E-state index contributed by atoms with van der Waals surface area (Å²) in [6, 6.07) is 2.07. The molecule has 0 N–H and O–H groups in total. The van der Waals surface area contributed by atoms with E-state index in [2.05, 4.69) is 34.3 Å². The summed E-state index contributed by atoms with van der Waals surface area (Å²) >= 11 is 5.27. The van der Waals surface area contributed by atoms with Gasteiger partial charge in [0.1, 0.15) is 5.78 Å². The molecule has 82 valence electrons. The SMILES string of the molecule is CC1CCC(=O)C(Cc2sccc2Br)C1. The molecule has 1 saturated carbocycles. The Labute approximate surface area is 103 Å². The lowest BCUT2D eigenvalue weighted by atomic mass is 9.79. The number of hydrogen-bond acceptors (Lipinski definition) is 2. The number of rotatable bonds is 2. The first kappa shape index (κ1) is 11.3. The van der Waals surface area contributed by atoms with E-state index in [1.165, 1.54) is 9.35 Å². The lowest BCUT2D eigenvalue weighted by Crippen LogP contribution is -2.25. The quantitative estimate of drug-likeness (QED) is 0.801. The summed E-state index contributed by atoms with van der Waals surface area (Å²) in [4.78, 5) is 13.1. The molecule has 0 bridgehead atoms. The lowest BCUT2D eigenvalue weighted by molar-refractivity contribution is -0.125. The van der Waals surface area contributed by atoms with Gasteiger partial charge in [-0.15, -0.1) is 11.3 Å². The molecule has 2 atom stereocenters. The molecule has 0 saturated heterocycles. The van der Waals surface area contributed by atoms with Crippen LogP contribution in [0.15, 0.2) is 15.9 Å².